The third-order valence-corrected chi connectivity index (χ3v) is 9.12. The Bertz CT molecular complexity index is 1430. The first-order chi connectivity index (χ1) is 18.2. The Balaban J connectivity index is 1.39. The number of benzene rings is 3. The van der Waals surface area contributed by atoms with Crippen LogP contribution in [0.5, 0.6) is 0 Å². The summed E-state index contributed by atoms with van der Waals surface area (Å²) >= 11 is 0. The number of rotatable bonds is 7. The largest absolute Gasteiger partial charge is 0.379 e. The van der Waals surface area contributed by atoms with E-state index in [0.717, 1.165) is 28.0 Å². The Morgan fingerprint density at radius 2 is 1.42 bits per heavy atom. The molecule has 0 spiro atoms. The van der Waals surface area contributed by atoms with E-state index in [1.807, 2.05) is 42.5 Å². The Labute approximate surface area is 223 Å². The fourth-order valence-electron chi connectivity index (χ4n) is 4.90. The summed E-state index contributed by atoms with van der Waals surface area (Å²) in [4.78, 5) is 29.9. The van der Waals surface area contributed by atoms with E-state index >= 15 is 0 Å². The van der Waals surface area contributed by atoms with E-state index in [1.54, 1.807) is 18.7 Å². The molecule has 198 valence electrons. The molecule has 0 aliphatic carbocycles. The third-order valence-electron chi connectivity index (χ3n) is 7.21. The highest BCUT2D eigenvalue weighted by Crippen LogP contribution is 2.34. The van der Waals surface area contributed by atoms with Crippen molar-refractivity contribution >= 4 is 27.6 Å². The summed E-state index contributed by atoms with van der Waals surface area (Å²) in [7, 11) is -3.68. The van der Waals surface area contributed by atoms with Crippen molar-refractivity contribution in [3.63, 3.8) is 0 Å². The first kappa shape index (κ1) is 26.1. The maximum absolute atomic E-state index is 13.6. The molecule has 3 amide bonds. The predicted molar refractivity (Wildman–Crippen MR) is 144 cm³/mol. The van der Waals surface area contributed by atoms with Gasteiger partial charge in [-0.3, -0.25) is 4.79 Å². The minimum atomic E-state index is -3.68. The molecule has 5 rings (SSSR count). The summed E-state index contributed by atoms with van der Waals surface area (Å²) in [5.41, 5.74) is 2.49. The molecule has 2 fully saturated rings. The van der Waals surface area contributed by atoms with Crippen LogP contribution in [0.4, 0.5) is 10.5 Å². The normalized spacial score (nSPS) is 18.3. The average molecular weight is 534 g/mol. The van der Waals surface area contributed by atoms with Crippen LogP contribution in [0.25, 0.3) is 0 Å². The topological polar surface area (TPSA) is 87.2 Å². The first-order valence-corrected chi connectivity index (χ1v) is 14.1. The summed E-state index contributed by atoms with van der Waals surface area (Å²) < 4.78 is 32.6. The van der Waals surface area contributed by atoms with Crippen molar-refractivity contribution in [2.75, 3.05) is 31.2 Å². The van der Waals surface area contributed by atoms with Gasteiger partial charge in [0.15, 0.2) is 0 Å². The quantitative estimate of drug-likeness (QED) is 0.428. The van der Waals surface area contributed by atoms with Gasteiger partial charge in [0.1, 0.15) is 5.54 Å². The lowest BCUT2D eigenvalue weighted by molar-refractivity contribution is -0.123. The number of nitrogens with zero attached hydrogens (tertiary/aromatic N) is 3. The molecule has 8 nitrogen and oxygen atoms in total. The summed E-state index contributed by atoms with van der Waals surface area (Å²) in [5, 5.41) is 0. The standard InChI is InChI=1S/C29H31N3O5S/c1-29(2)27(33)32(25-12-14-26(15-13-25)38(35,36)30-16-18-37-19-17-30)28(34)31(29)21-24-11-7-6-10-23(24)20-22-8-4-3-5-9-22/h3-15H,16-21H2,1-2H3. The van der Waals surface area contributed by atoms with Gasteiger partial charge in [-0.2, -0.15) is 4.31 Å². The van der Waals surface area contributed by atoms with Gasteiger partial charge in [-0.25, -0.2) is 18.1 Å². The van der Waals surface area contributed by atoms with E-state index in [4.69, 9.17) is 4.74 Å². The number of hydrogen-bond acceptors (Lipinski definition) is 5. The van der Waals surface area contributed by atoms with Crippen LogP contribution in [0, 0.1) is 0 Å². The molecule has 38 heavy (non-hydrogen) atoms. The summed E-state index contributed by atoms with van der Waals surface area (Å²) in [6, 6.07) is 23.6. The van der Waals surface area contributed by atoms with Crippen LogP contribution in [0.3, 0.4) is 0 Å². The number of carbonyl (C=O) groups excluding carboxylic acids is 2. The van der Waals surface area contributed by atoms with Gasteiger partial charge >= 0.3 is 6.03 Å². The van der Waals surface area contributed by atoms with Crippen LogP contribution in [0.15, 0.2) is 83.8 Å². The Hall–Kier alpha value is -3.53. The van der Waals surface area contributed by atoms with Crippen molar-refractivity contribution in [2.45, 2.75) is 37.2 Å². The van der Waals surface area contributed by atoms with Crippen molar-refractivity contribution in [2.24, 2.45) is 0 Å². The van der Waals surface area contributed by atoms with Crippen molar-refractivity contribution in [3.05, 3.63) is 95.6 Å². The lowest BCUT2D eigenvalue weighted by Gasteiger charge is -2.28. The van der Waals surface area contributed by atoms with Gasteiger partial charge in [0.2, 0.25) is 10.0 Å². The molecule has 9 heteroatoms. The number of carbonyl (C=O) groups is 2. The minimum absolute atomic E-state index is 0.119. The van der Waals surface area contributed by atoms with Gasteiger partial charge in [0, 0.05) is 19.6 Å². The van der Waals surface area contributed by atoms with Gasteiger partial charge in [-0.05, 0) is 61.2 Å². The Kier molecular flexibility index (Phi) is 7.09. The Morgan fingerprint density at radius 1 is 0.816 bits per heavy atom. The molecular weight excluding hydrogens is 502 g/mol. The number of imide groups is 1. The predicted octanol–water partition coefficient (Wildman–Crippen LogP) is 4.05. The third kappa shape index (κ3) is 4.84. The van der Waals surface area contributed by atoms with E-state index in [1.165, 1.54) is 28.6 Å². The molecule has 2 aliphatic rings. The molecule has 2 saturated heterocycles. The molecular formula is C29H31N3O5S. The SMILES string of the molecule is CC1(C)C(=O)N(c2ccc(S(=O)(=O)N3CCOCC3)cc2)C(=O)N1Cc1ccccc1Cc1ccccc1. The van der Waals surface area contributed by atoms with E-state index < -0.39 is 21.6 Å². The van der Waals surface area contributed by atoms with Crippen LogP contribution in [-0.4, -0.2) is 61.4 Å². The van der Waals surface area contributed by atoms with Crippen molar-refractivity contribution < 1.29 is 22.7 Å². The molecule has 0 aromatic heterocycles. The second-order valence-electron chi connectivity index (χ2n) is 10.0. The number of anilines is 1. The van der Waals surface area contributed by atoms with Crippen LogP contribution < -0.4 is 4.90 Å². The van der Waals surface area contributed by atoms with Crippen LogP contribution in [-0.2, 0) is 32.5 Å². The van der Waals surface area contributed by atoms with Gasteiger partial charge in [-0.15, -0.1) is 0 Å². The fourth-order valence-corrected chi connectivity index (χ4v) is 6.31. The summed E-state index contributed by atoms with van der Waals surface area (Å²) in [6.07, 6.45) is 0.718. The van der Waals surface area contributed by atoms with Crippen molar-refractivity contribution in [1.82, 2.24) is 9.21 Å². The molecule has 2 aliphatic heterocycles. The molecule has 0 saturated carbocycles. The van der Waals surface area contributed by atoms with Crippen LogP contribution >= 0.6 is 0 Å². The van der Waals surface area contributed by atoms with Gasteiger partial charge in [0.25, 0.3) is 5.91 Å². The smallest absolute Gasteiger partial charge is 0.332 e. The number of sulfonamides is 1. The molecule has 0 radical (unpaired) electrons. The summed E-state index contributed by atoms with van der Waals surface area (Å²) in [6.45, 7) is 5.06. The number of urea groups is 1. The van der Waals surface area contributed by atoms with Gasteiger partial charge in [-0.1, -0.05) is 54.6 Å². The molecule has 0 atom stereocenters. The van der Waals surface area contributed by atoms with Crippen molar-refractivity contribution in [1.29, 1.82) is 0 Å². The van der Waals surface area contributed by atoms with Crippen LogP contribution in [0.2, 0.25) is 0 Å². The maximum atomic E-state index is 13.6. The monoisotopic (exact) mass is 533 g/mol. The zero-order valence-electron chi connectivity index (χ0n) is 21.5. The van der Waals surface area contributed by atoms with E-state index in [0.29, 0.717) is 32.0 Å². The Morgan fingerprint density at radius 3 is 2.08 bits per heavy atom. The van der Waals surface area contributed by atoms with E-state index in [2.05, 4.69) is 12.1 Å². The van der Waals surface area contributed by atoms with Crippen molar-refractivity contribution in [3.8, 4) is 0 Å². The highest BCUT2D eigenvalue weighted by Gasteiger charge is 2.51. The highest BCUT2D eigenvalue weighted by molar-refractivity contribution is 7.89. The van der Waals surface area contributed by atoms with Gasteiger partial charge < -0.3 is 9.64 Å². The molecule has 3 aromatic carbocycles. The fraction of sp³-hybridized carbons (Fsp3) is 0.310. The second kappa shape index (κ2) is 10.3. The number of morpholine rings is 1. The minimum Gasteiger partial charge on any atom is -0.379 e. The number of hydrogen-bond donors (Lipinski definition) is 0. The molecule has 3 aromatic rings. The molecule has 0 unspecified atom stereocenters. The first-order valence-electron chi connectivity index (χ1n) is 12.6. The highest BCUT2D eigenvalue weighted by atomic mass is 32.2. The molecule has 0 bridgehead atoms. The average Bonchev–Trinajstić information content (AvgIpc) is 3.10. The lowest BCUT2D eigenvalue weighted by atomic mass is 9.97. The van der Waals surface area contributed by atoms with Crippen LogP contribution in [0.1, 0.15) is 30.5 Å². The molecule has 2 heterocycles. The molecule has 0 N–H and O–H groups in total. The van der Waals surface area contributed by atoms with E-state index in [-0.39, 0.29) is 17.3 Å². The number of amides is 3. The zero-order chi connectivity index (χ0) is 26.9. The zero-order valence-corrected chi connectivity index (χ0v) is 22.4. The number of ether oxygens (including phenoxy) is 1. The lowest BCUT2D eigenvalue weighted by Crippen LogP contribution is -2.43. The maximum Gasteiger partial charge on any atom is 0.332 e. The summed E-state index contributed by atoms with van der Waals surface area (Å²) in [5.74, 6) is -0.355. The second-order valence-corrected chi connectivity index (χ2v) is 11.9. The van der Waals surface area contributed by atoms with Gasteiger partial charge in [0.05, 0.1) is 23.8 Å². The van der Waals surface area contributed by atoms with E-state index in [9.17, 15) is 18.0 Å².